The Labute approximate surface area is 173 Å². The Hall–Kier alpha value is -1.76. The molecule has 0 radical (unpaired) electrons. The van der Waals surface area contributed by atoms with Gasteiger partial charge in [0.05, 0.1) is 33.8 Å². The SMILES string of the molecule is Cc1nn(-c2ccc(Cl)c(Cl)c2)c(C)c1CC(=O)N1CCC(C(=O)O)C1.Cl. The smallest absolute Gasteiger partial charge is 0.308 e. The molecule has 1 aliphatic heterocycles. The van der Waals surface area contributed by atoms with E-state index in [9.17, 15) is 9.59 Å². The zero-order valence-corrected chi connectivity index (χ0v) is 17.2. The zero-order chi connectivity index (χ0) is 19.0. The first-order chi connectivity index (χ1) is 12.3. The van der Waals surface area contributed by atoms with Gasteiger partial charge in [0.25, 0.3) is 0 Å². The van der Waals surface area contributed by atoms with Crippen LogP contribution in [0.3, 0.4) is 0 Å². The number of nitrogens with zero attached hydrogens (tertiary/aromatic N) is 3. The molecule has 0 bridgehead atoms. The average Bonchev–Trinajstić information content (AvgIpc) is 3.18. The maximum atomic E-state index is 12.6. The van der Waals surface area contributed by atoms with Gasteiger partial charge < -0.3 is 10.0 Å². The number of benzene rings is 1. The molecule has 9 heteroatoms. The van der Waals surface area contributed by atoms with E-state index in [0.29, 0.717) is 23.0 Å². The number of aliphatic carboxylic acids is 1. The van der Waals surface area contributed by atoms with Crippen LogP contribution in [0.2, 0.25) is 10.0 Å². The number of hydrogen-bond donors (Lipinski definition) is 1. The van der Waals surface area contributed by atoms with Crippen LogP contribution in [0.5, 0.6) is 0 Å². The molecule has 2 aromatic rings. The summed E-state index contributed by atoms with van der Waals surface area (Å²) in [5.41, 5.74) is 3.23. The number of halogens is 3. The molecular formula is C18H20Cl3N3O3. The molecule has 1 aromatic carbocycles. The maximum absolute atomic E-state index is 12.6. The molecule has 6 nitrogen and oxygen atoms in total. The second kappa shape index (κ2) is 8.50. The maximum Gasteiger partial charge on any atom is 0.308 e. The van der Waals surface area contributed by atoms with Crippen LogP contribution in [0.25, 0.3) is 5.69 Å². The zero-order valence-electron chi connectivity index (χ0n) is 14.9. The molecule has 0 saturated carbocycles. The third-order valence-electron chi connectivity index (χ3n) is 4.81. The Morgan fingerprint density at radius 3 is 2.56 bits per heavy atom. The van der Waals surface area contributed by atoms with Crippen LogP contribution in [0, 0.1) is 19.8 Å². The molecule has 1 aromatic heterocycles. The molecule has 1 atom stereocenters. The molecule has 1 fully saturated rings. The highest BCUT2D eigenvalue weighted by Gasteiger charge is 2.31. The molecule has 0 aliphatic carbocycles. The Balaban J connectivity index is 0.00000261. The molecule has 2 heterocycles. The summed E-state index contributed by atoms with van der Waals surface area (Å²) in [6.45, 7) is 4.50. The number of carboxylic acids is 1. The van der Waals surface area contributed by atoms with Gasteiger partial charge in [-0.05, 0) is 38.5 Å². The quantitative estimate of drug-likeness (QED) is 0.799. The van der Waals surface area contributed by atoms with Crippen molar-refractivity contribution in [2.45, 2.75) is 26.7 Å². The molecule has 146 valence electrons. The van der Waals surface area contributed by atoms with E-state index in [0.717, 1.165) is 22.6 Å². The Morgan fingerprint density at radius 1 is 1.26 bits per heavy atom. The lowest BCUT2D eigenvalue weighted by atomic mass is 10.1. The van der Waals surface area contributed by atoms with E-state index in [1.54, 1.807) is 21.7 Å². The fraction of sp³-hybridized carbons (Fsp3) is 0.389. The van der Waals surface area contributed by atoms with E-state index in [2.05, 4.69) is 5.10 Å². The van der Waals surface area contributed by atoms with Crippen molar-refractivity contribution < 1.29 is 14.7 Å². The third-order valence-corrected chi connectivity index (χ3v) is 5.55. The summed E-state index contributed by atoms with van der Waals surface area (Å²) >= 11 is 12.1. The number of aryl methyl sites for hydroxylation is 1. The second-order valence-electron chi connectivity index (χ2n) is 6.50. The van der Waals surface area contributed by atoms with Gasteiger partial charge in [0.2, 0.25) is 5.91 Å². The third kappa shape index (κ3) is 4.39. The summed E-state index contributed by atoms with van der Waals surface area (Å²) in [7, 11) is 0. The minimum Gasteiger partial charge on any atom is -0.481 e. The van der Waals surface area contributed by atoms with Crippen LogP contribution < -0.4 is 0 Å². The summed E-state index contributed by atoms with van der Waals surface area (Å²) in [6, 6.07) is 5.25. The van der Waals surface area contributed by atoms with Gasteiger partial charge in [-0.15, -0.1) is 12.4 Å². The lowest BCUT2D eigenvalue weighted by Gasteiger charge is -2.16. The summed E-state index contributed by atoms with van der Waals surface area (Å²) in [5.74, 6) is -1.39. The Kier molecular flexibility index (Phi) is 6.78. The number of carbonyl (C=O) groups is 2. The highest BCUT2D eigenvalue weighted by atomic mass is 35.5. The van der Waals surface area contributed by atoms with Crippen molar-refractivity contribution in [3.63, 3.8) is 0 Å². The Morgan fingerprint density at radius 2 is 1.96 bits per heavy atom. The second-order valence-corrected chi connectivity index (χ2v) is 7.31. The number of amides is 1. The lowest BCUT2D eigenvalue weighted by molar-refractivity contribution is -0.141. The molecule has 0 spiro atoms. The van der Waals surface area contributed by atoms with Crippen molar-refractivity contribution >= 4 is 47.5 Å². The van der Waals surface area contributed by atoms with Gasteiger partial charge in [0.15, 0.2) is 0 Å². The molecular weight excluding hydrogens is 413 g/mol. The number of aromatic nitrogens is 2. The van der Waals surface area contributed by atoms with Crippen LogP contribution in [0.1, 0.15) is 23.4 Å². The molecule has 27 heavy (non-hydrogen) atoms. The van der Waals surface area contributed by atoms with Crippen molar-refractivity contribution in [3.05, 3.63) is 45.2 Å². The highest BCUT2D eigenvalue weighted by Crippen LogP contribution is 2.27. The van der Waals surface area contributed by atoms with Gasteiger partial charge in [-0.1, -0.05) is 23.2 Å². The van der Waals surface area contributed by atoms with E-state index in [1.807, 2.05) is 19.9 Å². The fourth-order valence-electron chi connectivity index (χ4n) is 3.25. The van der Waals surface area contributed by atoms with Crippen molar-refractivity contribution in [1.82, 2.24) is 14.7 Å². The van der Waals surface area contributed by atoms with Gasteiger partial charge in [0, 0.05) is 24.3 Å². The van der Waals surface area contributed by atoms with Gasteiger partial charge in [-0.25, -0.2) is 4.68 Å². The first kappa shape index (κ1) is 21.5. The monoisotopic (exact) mass is 431 g/mol. The normalized spacial score (nSPS) is 16.3. The predicted molar refractivity (Wildman–Crippen MR) is 106 cm³/mol. The summed E-state index contributed by atoms with van der Waals surface area (Å²) < 4.78 is 1.74. The first-order valence-electron chi connectivity index (χ1n) is 8.29. The minimum absolute atomic E-state index is 0. The van der Waals surface area contributed by atoms with Gasteiger partial charge >= 0.3 is 5.97 Å². The van der Waals surface area contributed by atoms with Crippen LogP contribution in [-0.4, -0.2) is 44.8 Å². The molecule has 1 aliphatic rings. The predicted octanol–water partition coefficient (Wildman–Crippen LogP) is 3.69. The van der Waals surface area contributed by atoms with E-state index in [1.165, 1.54) is 0 Å². The standard InChI is InChI=1S/C18H19Cl2N3O3.ClH/c1-10-14(8-17(24)22-6-5-12(9-22)18(25)26)11(2)23(21-10)13-3-4-15(19)16(20)7-13;/h3-4,7,12H,5-6,8-9H2,1-2H3,(H,25,26);1H. The van der Waals surface area contributed by atoms with Crippen molar-refractivity contribution in [3.8, 4) is 5.69 Å². The van der Waals surface area contributed by atoms with Crippen molar-refractivity contribution in [2.24, 2.45) is 5.92 Å². The minimum atomic E-state index is -0.847. The van der Waals surface area contributed by atoms with Crippen molar-refractivity contribution in [1.29, 1.82) is 0 Å². The number of carboxylic acid groups (broad SMARTS) is 1. The van der Waals surface area contributed by atoms with Crippen LogP contribution in [-0.2, 0) is 16.0 Å². The summed E-state index contributed by atoms with van der Waals surface area (Å²) in [5, 5.41) is 14.5. The van der Waals surface area contributed by atoms with E-state index in [4.69, 9.17) is 28.3 Å². The number of likely N-dealkylation sites (tertiary alicyclic amines) is 1. The largest absolute Gasteiger partial charge is 0.481 e. The van der Waals surface area contributed by atoms with Crippen LogP contribution >= 0.6 is 35.6 Å². The van der Waals surface area contributed by atoms with E-state index >= 15 is 0 Å². The molecule has 1 N–H and O–H groups in total. The molecule has 1 saturated heterocycles. The van der Waals surface area contributed by atoms with Gasteiger partial charge in [-0.3, -0.25) is 9.59 Å². The first-order valence-corrected chi connectivity index (χ1v) is 9.04. The molecule has 1 amide bonds. The van der Waals surface area contributed by atoms with Crippen molar-refractivity contribution in [2.75, 3.05) is 13.1 Å². The number of rotatable bonds is 4. The van der Waals surface area contributed by atoms with Crippen LogP contribution in [0.4, 0.5) is 0 Å². The van der Waals surface area contributed by atoms with Gasteiger partial charge in [0.1, 0.15) is 0 Å². The average molecular weight is 433 g/mol. The molecule has 3 rings (SSSR count). The lowest BCUT2D eigenvalue weighted by Crippen LogP contribution is -2.31. The Bertz CT molecular complexity index is 882. The fourth-order valence-corrected chi connectivity index (χ4v) is 3.54. The molecule has 1 unspecified atom stereocenters. The summed E-state index contributed by atoms with van der Waals surface area (Å²) in [6.07, 6.45) is 0.701. The van der Waals surface area contributed by atoms with E-state index in [-0.39, 0.29) is 31.3 Å². The number of carbonyl (C=O) groups excluding carboxylic acids is 1. The topological polar surface area (TPSA) is 75.4 Å². The summed E-state index contributed by atoms with van der Waals surface area (Å²) in [4.78, 5) is 25.3. The number of hydrogen-bond acceptors (Lipinski definition) is 3. The van der Waals surface area contributed by atoms with Crippen LogP contribution in [0.15, 0.2) is 18.2 Å². The van der Waals surface area contributed by atoms with Gasteiger partial charge in [-0.2, -0.15) is 5.10 Å². The van der Waals surface area contributed by atoms with E-state index < -0.39 is 11.9 Å². The highest BCUT2D eigenvalue weighted by molar-refractivity contribution is 6.42.